The first kappa shape index (κ1) is 16.2. The number of hydrogen-bond acceptors (Lipinski definition) is 4. The number of fused-ring (bicyclic) bond motifs is 1. The van der Waals surface area contributed by atoms with Crippen LogP contribution in [0.1, 0.15) is 35.3 Å². The van der Waals surface area contributed by atoms with Gasteiger partial charge in [0.15, 0.2) is 11.5 Å². The van der Waals surface area contributed by atoms with E-state index in [1.54, 1.807) is 48.3 Å². The molecule has 1 N–H and O–H groups in total. The summed E-state index contributed by atoms with van der Waals surface area (Å²) < 4.78 is 11.2. The summed E-state index contributed by atoms with van der Waals surface area (Å²) >= 11 is 0. The number of ether oxygens (including phenoxy) is 2. The van der Waals surface area contributed by atoms with Crippen molar-refractivity contribution in [1.82, 2.24) is 4.90 Å². The van der Waals surface area contributed by atoms with Crippen LogP contribution in [-0.2, 0) is 0 Å². The van der Waals surface area contributed by atoms with Crippen LogP contribution in [0.2, 0.25) is 0 Å². The monoisotopic (exact) mass is 327 g/mol. The third kappa shape index (κ3) is 3.30. The van der Waals surface area contributed by atoms with Crippen molar-refractivity contribution in [2.45, 2.75) is 19.4 Å². The summed E-state index contributed by atoms with van der Waals surface area (Å²) in [7, 11) is 1.75. The van der Waals surface area contributed by atoms with Crippen LogP contribution < -0.4 is 9.47 Å². The number of hydrogen-bond donors (Lipinski definition) is 1. The normalized spacial score (nSPS) is 14.6. The molecule has 0 saturated carbocycles. The lowest BCUT2D eigenvalue weighted by Crippen LogP contribution is -2.29. The van der Waals surface area contributed by atoms with E-state index in [0.29, 0.717) is 30.3 Å². The summed E-state index contributed by atoms with van der Waals surface area (Å²) in [4.78, 5) is 14.4. The first-order chi connectivity index (χ1) is 11.6. The van der Waals surface area contributed by atoms with Crippen molar-refractivity contribution in [2.75, 3.05) is 20.3 Å². The topological polar surface area (TPSA) is 59.0 Å². The number of carbonyl (C=O) groups excluding carboxylic acids is 1. The van der Waals surface area contributed by atoms with Crippen molar-refractivity contribution in [3.8, 4) is 17.2 Å². The molecule has 0 fully saturated rings. The van der Waals surface area contributed by atoms with Crippen molar-refractivity contribution in [2.24, 2.45) is 0 Å². The Labute approximate surface area is 141 Å². The summed E-state index contributed by atoms with van der Waals surface area (Å²) in [5.74, 6) is 1.36. The van der Waals surface area contributed by atoms with Gasteiger partial charge in [-0.1, -0.05) is 12.1 Å². The molecule has 0 bridgehead atoms. The van der Waals surface area contributed by atoms with Crippen molar-refractivity contribution in [3.63, 3.8) is 0 Å². The lowest BCUT2D eigenvalue weighted by Gasteiger charge is -2.26. The average molecular weight is 327 g/mol. The highest BCUT2D eigenvalue weighted by molar-refractivity contribution is 5.95. The van der Waals surface area contributed by atoms with Crippen LogP contribution in [0.3, 0.4) is 0 Å². The molecule has 2 aromatic carbocycles. The molecule has 2 aromatic rings. The van der Waals surface area contributed by atoms with Gasteiger partial charge in [0.25, 0.3) is 5.91 Å². The van der Waals surface area contributed by atoms with Crippen LogP contribution in [0.15, 0.2) is 42.5 Å². The van der Waals surface area contributed by atoms with E-state index in [1.165, 1.54) is 0 Å². The fourth-order valence-corrected chi connectivity index (χ4v) is 2.68. The van der Waals surface area contributed by atoms with Crippen molar-refractivity contribution in [1.29, 1.82) is 0 Å². The van der Waals surface area contributed by atoms with Crippen molar-refractivity contribution in [3.05, 3.63) is 53.6 Å². The first-order valence-electron chi connectivity index (χ1n) is 8.02. The van der Waals surface area contributed by atoms with E-state index in [2.05, 4.69) is 0 Å². The lowest BCUT2D eigenvalue weighted by molar-refractivity contribution is 0.0742. The molecular formula is C19H21NO4. The summed E-state index contributed by atoms with van der Waals surface area (Å²) in [5, 5.41) is 9.62. The van der Waals surface area contributed by atoms with Crippen LogP contribution >= 0.6 is 0 Å². The molecule has 0 aromatic heterocycles. The molecule has 0 radical (unpaired) electrons. The Balaban J connectivity index is 1.81. The molecule has 1 atom stereocenters. The number of benzene rings is 2. The maximum Gasteiger partial charge on any atom is 0.254 e. The predicted molar refractivity (Wildman–Crippen MR) is 90.7 cm³/mol. The molecule has 1 aliphatic rings. The van der Waals surface area contributed by atoms with E-state index >= 15 is 0 Å². The minimum Gasteiger partial charge on any atom is -0.508 e. The Morgan fingerprint density at radius 1 is 1.12 bits per heavy atom. The van der Waals surface area contributed by atoms with Gasteiger partial charge in [0.1, 0.15) is 5.75 Å². The predicted octanol–water partition coefficient (Wildman–Crippen LogP) is 3.39. The zero-order valence-corrected chi connectivity index (χ0v) is 13.9. The van der Waals surface area contributed by atoms with E-state index in [4.69, 9.17) is 9.47 Å². The summed E-state index contributed by atoms with van der Waals surface area (Å²) in [5.41, 5.74) is 1.42. The van der Waals surface area contributed by atoms with E-state index in [-0.39, 0.29) is 17.7 Å². The third-order valence-electron chi connectivity index (χ3n) is 4.25. The van der Waals surface area contributed by atoms with Gasteiger partial charge in [-0.3, -0.25) is 4.79 Å². The Morgan fingerprint density at radius 2 is 1.88 bits per heavy atom. The van der Waals surface area contributed by atoms with Gasteiger partial charge < -0.3 is 19.5 Å². The third-order valence-corrected chi connectivity index (χ3v) is 4.25. The molecule has 0 spiro atoms. The number of amides is 1. The van der Waals surface area contributed by atoms with Gasteiger partial charge in [-0.15, -0.1) is 0 Å². The SMILES string of the molecule is CC(c1cccc(O)c1)N(C)C(=O)c1ccc2c(c1)OCCCO2. The fourth-order valence-electron chi connectivity index (χ4n) is 2.68. The number of nitrogens with zero attached hydrogens (tertiary/aromatic N) is 1. The van der Waals surface area contributed by atoms with Gasteiger partial charge >= 0.3 is 0 Å². The average Bonchev–Trinajstić information content (AvgIpc) is 2.84. The van der Waals surface area contributed by atoms with Gasteiger partial charge in [-0.25, -0.2) is 0 Å². The molecule has 3 rings (SSSR count). The molecule has 1 unspecified atom stereocenters. The van der Waals surface area contributed by atoms with Gasteiger partial charge in [-0.05, 0) is 42.8 Å². The molecule has 0 aliphatic carbocycles. The molecule has 1 heterocycles. The first-order valence-corrected chi connectivity index (χ1v) is 8.02. The van der Waals surface area contributed by atoms with E-state index in [0.717, 1.165) is 12.0 Å². The number of rotatable bonds is 3. The zero-order valence-electron chi connectivity index (χ0n) is 13.9. The van der Waals surface area contributed by atoms with E-state index in [1.807, 2.05) is 13.0 Å². The highest BCUT2D eigenvalue weighted by atomic mass is 16.5. The van der Waals surface area contributed by atoms with Gasteiger partial charge in [-0.2, -0.15) is 0 Å². The summed E-state index contributed by atoms with van der Waals surface area (Å²) in [6, 6.07) is 12.0. The molecule has 126 valence electrons. The number of carbonyl (C=O) groups is 1. The van der Waals surface area contributed by atoms with Gasteiger partial charge in [0.2, 0.25) is 0 Å². The molecule has 24 heavy (non-hydrogen) atoms. The van der Waals surface area contributed by atoms with Crippen LogP contribution in [-0.4, -0.2) is 36.2 Å². The van der Waals surface area contributed by atoms with E-state index in [9.17, 15) is 9.90 Å². The molecular weight excluding hydrogens is 306 g/mol. The maximum absolute atomic E-state index is 12.8. The van der Waals surface area contributed by atoms with Crippen LogP contribution in [0, 0.1) is 0 Å². The second-order valence-electron chi connectivity index (χ2n) is 5.90. The zero-order chi connectivity index (χ0) is 17.1. The fraction of sp³-hybridized carbons (Fsp3) is 0.316. The van der Waals surface area contributed by atoms with E-state index < -0.39 is 0 Å². The Bertz CT molecular complexity index is 744. The standard InChI is InChI=1S/C19H21NO4/c1-13(14-5-3-6-16(21)11-14)20(2)19(22)15-7-8-17-18(12-15)24-10-4-9-23-17/h3,5-8,11-13,21H,4,9-10H2,1-2H3. The number of phenolic OH excluding ortho intramolecular Hbond substituents is 1. The van der Waals surface area contributed by atoms with Crippen LogP contribution in [0.5, 0.6) is 17.2 Å². The Kier molecular flexibility index (Phi) is 4.60. The lowest BCUT2D eigenvalue weighted by atomic mass is 10.1. The second kappa shape index (κ2) is 6.83. The quantitative estimate of drug-likeness (QED) is 0.939. The van der Waals surface area contributed by atoms with Crippen molar-refractivity contribution < 1.29 is 19.4 Å². The summed E-state index contributed by atoms with van der Waals surface area (Å²) in [6.45, 7) is 3.13. The maximum atomic E-state index is 12.8. The molecule has 5 heteroatoms. The molecule has 1 amide bonds. The minimum absolute atomic E-state index is 0.110. The molecule has 5 nitrogen and oxygen atoms in total. The Morgan fingerprint density at radius 3 is 2.62 bits per heavy atom. The summed E-state index contributed by atoms with van der Waals surface area (Å²) in [6.07, 6.45) is 0.826. The second-order valence-corrected chi connectivity index (χ2v) is 5.90. The van der Waals surface area contributed by atoms with Crippen molar-refractivity contribution >= 4 is 5.91 Å². The molecule has 1 aliphatic heterocycles. The van der Waals surface area contributed by atoms with Crippen LogP contribution in [0.4, 0.5) is 0 Å². The minimum atomic E-state index is -0.166. The highest BCUT2D eigenvalue weighted by Gasteiger charge is 2.21. The Hall–Kier alpha value is -2.69. The van der Waals surface area contributed by atoms with Crippen LogP contribution in [0.25, 0.3) is 0 Å². The highest BCUT2D eigenvalue weighted by Crippen LogP contribution is 2.31. The smallest absolute Gasteiger partial charge is 0.254 e. The van der Waals surface area contributed by atoms with Gasteiger partial charge in [0, 0.05) is 19.0 Å². The largest absolute Gasteiger partial charge is 0.508 e. The van der Waals surface area contributed by atoms with Gasteiger partial charge in [0.05, 0.1) is 19.3 Å². The number of phenols is 1. The molecule has 0 saturated heterocycles. The number of aromatic hydroxyl groups is 1.